The van der Waals surface area contributed by atoms with Gasteiger partial charge in [0.15, 0.2) is 5.76 Å². The molecular weight excluding hydrogens is 314 g/mol. The zero-order valence-corrected chi connectivity index (χ0v) is 12.0. The summed E-state index contributed by atoms with van der Waals surface area (Å²) in [5.74, 6) is -0.0111. The molecule has 100 valence electrons. The quantitative estimate of drug-likeness (QED) is 0.929. The van der Waals surface area contributed by atoms with Crippen molar-refractivity contribution in [3.05, 3.63) is 34.4 Å². The van der Waals surface area contributed by atoms with Gasteiger partial charge in [0, 0.05) is 5.56 Å². The Balaban J connectivity index is 2.30. The summed E-state index contributed by atoms with van der Waals surface area (Å²) >= 11 is 3.18. The number of carbonyl (C=O) groups is 1. The molecule has 0 atom stereocenters. The minimum absolute atomic E-state index is 0.0986. The van der Waals surface area contributed by atoms with Crippen LogP contribution < -0.4 is 4.74 Å². The van der Waals surface area contributed by atoms with Crippen LogP contribution in [0.3, 0.4) is 0 Å². The maximum atomic E-state index is 10.9. The molecule has 0 unspecified atom stereocenters. The number of ether oxygens (including phenoxy) is 1. The normalized spacial score (nSPS) is 10.7. The Hall–Kier alpha value is -1.82. The lowest BCUT2D eigenvalue weighted by Crippen LogP contribution is -2.05. The van der Waals surface area contributed by atoms with Crippen molar-refractivity contribution in [2.24, 2.45) is 0 Å². The molecule has 19 heavy (non-hydrogen) atoms. The fourth-order valence-corrected chi connectivity index (χ4v) is 2.09. The maximum Gasteiger partial charge on any atom is 0.359 e. The maximum absolute atomic E-state index is 10.9. The second-order valence-corrected chi connectivity index (χ2v) is 4.96. The van der Waals surface area contributed by atoms with E-state index in [1.165, 1.54) is 0 Å². The van der Waals surface area contributed by atoms with Gasteiger partial charge in [-0.3, -0.25) is 0 Å². The summed E-state index contributed by atoms with van der Waals surface area (Å²) in [6.45, 7) is 3.89. The van der Waals surface area contributed by atoms with Gasteiger partial charge < -0.3 is 14.4 Å². The summed E-state index contributed by atoms with van der Waals surface area (Å²) in [5, 5.41) is 12.4. The van der Waals surface area contributed by atoms with Crippen molar-refractivity contribution in [3.8, 4) is 17.1 Å². The van der Waals surface area contributed by atoms with Gasteiger partial charge in [0.1, 0.15) is 10.2 Å². The minimum atomic E-state index is -1.14. The van der Waals surface area contributed by atoms with Gasteiger partial charge in [-0.2, -0.15) is 0 Å². The van der Waals surface area contributed by atoms with Crippen LogP contribution in [-0.4, -0.2) is 22.3 Å². The first-order valence-corrected chi connectivity index (χ1v) is 6.44. The fraction of sp³-hybridized carbons (Fsp3) is 0.231. The molecule has 2 rings (SSSR count). The molecule has 0 saturated heterocycles. The lowest BCUT2D eigenvalue weighted by atomic mass is 10.1. The van der Waals surface area contributed by atoms with Crippen molar-refractivity contribution in [1.29, 1.82) is 0 Å². The lowest BCUT2D eigenvalue weighted by Gasteiger charge is -2.09. The predicted octanol–water partition coefficient (Wildman–Crippen LogP) is 3.59. The topological polar surface area (TPSA) is 72.6 Å². The van der Waals surface area contributed by atoms with E-state index >= 15 is 0 Å². The van der Waals surface area contributed by atoms with Gasteiger partial charge in [-0.25, -0.2) is 4.79 Å². The highest BCUT2D eigenvalue weighted by Crippen LogP contribution is 2.32. The third-order valence-electron chi connectivity index (χ3n) is 2.33. The summed E-state index contributed by atoms with van der Waals surface area (Å²) in [7, 11) is 0. The second kappa shape index (κ2) is 5.44. The van der Waals surface area contributed by atoms with Crippen LogP contribution in [0.2, 0.25) is 0 Å². The van der Waals surface area contributed by atoms with Crippen molar-refractivity contribution < 1.29 is 19.2 Å². The van der Waals surface area contributed by atoms with Crippen LogP contribution in [0.1, 0.15) is 24.3 Å². The van der Waals surface area contributed by atoms with Gasteiger partial charge in [-0.05, 0) is 54.0 Å². The molecule has 2 aromatic rings. The van der Waals surface area contributed by atoms with Crippen LogP contribution in [0.4, 0.5) is 0 Å². The average Bonchev–Trinajstić information content (AvgIpc) is 2.71. The van der Waals surface area contributed by atoms with Gasteiger partial charge >= 0.3 is 5.97 Å². The molecule has 1 aromatic carbocycles. The summed E-state index contributed by atoms with van der Waals surface area (Å²) in [6, 6.07) is 7.17. The number of carboxylic acid groups (broad SMARTS) is 1. The molecule has 5 nitrogen and oxygen atoms in total. The van der Waals surface area contributed by atoms with Crippen LogP contribution in [0.15, 0.2) is 33.3 Å². The summed E-state index contributed by atoms with van der Waals surface area (Å²) in [4.78, 5) is 10.9. The molecule has 0 bridgehead atoms. The number of aromatic carboxylic acids is 1. The van der Waals surface area contributed by atoms with Crippen LogP contribution in [-0.2, 0) is 0 Å². The van der Waals surface area contributed by atoms with Gasteiger partial charge in [-0.1, -0.05) is 5.16 Å². The van der Waals surface area contributed by atoms with Crippen molar-refractivity contribution in [2.45, 2.75) is 20.0 Å². The predicted molar refractivity (Wildman–Crippen MR) is 72.4 cm³/mol. The molecule has 0 aliphatic rings. The third kappa shape index (κ3) is 2.96. The van der Waals surface area contributed by atoms with Gasteiger partial charge in [0.2, 0.25) is 5.69 Å². The van der Waals surface area contributed by atoms with Crippen molar-refractivity contribution >= 4 is 21.9 Å². The Labute approximate surface area is 118 Å². The summed E-state index contributed by atoms with van der Waals surface area (Å²) in [6.07, 6.45) is 0.0986. The molecule has 1 aromatic heterocycles. The van der Waals surface area contributed by atoms with Crippen molar-refractivity contribution in [1.82, 2.24) is 5.16 Å². The molecule has 0 fully saturated rings. The van der Waals surface area contributed by atoms with Crippen LogP contribution >= 0.6 is 15.9 Å². The van der Waals surface area contributed by atoms with E-state index in [1.807, 2.05) is 13.8 Å². The molecule has 0 radical (unpaired) electrons. The van der Waals surface area contributed by atoms with Crippen LogP contribution in [0, 0.1) is 0 Å². The molecular formula is C13H12BrNO4. The number of aromatic nitrogens is 1. The summed E-state index contributed by atoms with van der Waals surface area (Å²) < 4.78 is 10.9. The Kier molecular flexibility index (Phi) is 3.90. The van der Waals surface area contributed by atoms with Crippen molar-refractivity contribution in [2.75, 3.05) is 0 Å². The molecule has 0 spiro atoms. The Morgan fingerprint density at radius 1 is 1.37 bits per heavy atom. The Morgan fingerprint density at radius 2 is 2.00 bits per heavy atom. The van der Waals surface area contributed by atoms with E-state index in [4.69, 9.17) is 14.4 Å². The number of nitrogens with zero attached hydrogens (tertiary/aromatic N) is 1. The number of hydrogen-bond donors (Lipinski definition) is 1. The number of carboxylic acids is 1. The zero-order chi connectivity index (χ0) is 14.0. The standard InChI is InChI=1S/C13H12BrNO4/c1-7(2)18-9-5-3-8(4-6-9)12-10(14)11(13(16)17)15-19-12/h3-7H,1-2H3,(H,16,17). The minimum Gasteiger partial charge on any atom is -0.491 e. The van der Waals surface area contributed by atoms with Gasteiger partial charge in [0.05, 0.1) is 6.10 Å². The van der Waals surface area contributed by atoms with Crippen LogP contribution in [0.25, 0.3) is 11.3 Å². The average molecular weight is 326 g/mol. The molecule has 1 N–H and O–H groups in total. The number of benzene rings is 1. The van der Waals surface area contributed by atoms with E-state index in [-0.39, 0.29) is 11.8 Å². The van der Waals surface area contributed by atoms with E-state index in [9.17, 15) is 4.79 Å². The first-order valence-electron chi connectivity index (χ1n) is 5.64. The number of halogens is 1. The lowest BCUT2D eigenvalue weighted by molar-refractivity contribution is 0.0685. The molecule has 0 amide bonds. The fourth-order valence-electron chi connectivity index (χ4n) is 1.55. The van der Waals surface area contributed by atoms with Crippen LogP contribution in [0.5, 0.6) is 5.75 Å². The largest absolute Gasteiger partial charge is 0.491 e. The monoisotopic (exact) mass is 325 g/mol. The third-order valence-corrected chi connectivity index (χ3v) is 3.06. The molecule has 1 heterocycles. The second-order valence-electron chi connectivity index (χ2n) is 4.17. The number of hydrogen-bond acceptors (Lipinski definition) is 4. The Morgan fingerprint density at radius 3 is 2.47 bits per heavy atom. The first kappa shape index (κ1) is 13.6. The highest BCUT2D eigenvalue weighted by molar-refractivity contribution is 9.10. The molecule has 6 heteroatoms. The van der Waals surface area contributed by atoms with E-state index in [0.717, 1.165) is 11.3 Å². The summed E-state index contributed by atoms with van der Waals surface area (Å²) in [5.41, 5.74) is 0.584. The molecule has 0 aliphatic carbocycles. The SMILES string of the molecule is CC(C)Oc1ccc(-c2onc(C(=O)O)c2Br)cc1. The van der Waals surface area contributed by atoms with E-state index < -0.39 is 5.97 Å². The van der Waals surface area contributed by atoms with E-state index in [1.54, 1.807) is 24.3 Å². The zero-order valence-electron chi connectivity index (χ0n) is 10.4. The van der Waals surface area contributed by atoms with Gasteiger partial charge in [0.25, 0.3) is 0 Å². The van der Waals surface area contributed by atoms with E-state index in [2.05, 4.69) is 21.1 Å². The first-order chi connectivity index (χ1) is 8.99. The highest BCUT2D eigenvalue weighted by atomic mass is 79.9. The molecule has 0 aliphatic heterocycles. The smallest absolute Gasteiger partial charge is 0.359 e. The Bertz CT molecular complexity index is 589. The highest BCUT2D eigenvalue weighted by Gasteiger charge is 2.20. The molecule has 0 saturated carbocycles. The van der Waals surface area contributed by atoms with Crippen molar-refractivity contribution in [3.63, 3.8) is 0 Å². The van der Waals surface area contributed by atoms with Gasteiger partial charge in [-0.15, -0.1) is 0 Å². The van der Waals surface area contributed by atoms with E-state index in [0.29, 0.717) is 10.2 Å². The number of rotatable bonds is 4.